The summed E-state index contributed by atoms with van der Waals surface area (Å²) in [5, 5.41) is 41.6. The average molecular weight is 1130 g/mol. The van der Waals surface area contributed by atoms with Crippen molar-refractivity contribution in [2.45, 2.75) is 90.0 Å². The Bertz CT molecular complexity index is 2510. The van der Waals surface area contributed by atoms with Crippen LogP contribution in [0.5, 0.6) is 0 Å². The largest absolute Gasteiger partial charge is 0.481 e. The predicted octanol–water partition coefficient (Wildman–Crippen LogP) is 1.08. The van der Waals surface area contributed by atoms with E-state index < -0.39 is 134 Å². The molecular formula is C54H77F2N9O15. The lowest BCUT2D eigenvalue weighted by Crippen LogP contribution is -2.56. The van der Waals surface area contributed by atoms with E-state index in [4.69, 9.17) is 35.5 Å². The van der Waals surface area contributed by atoms with Crippen LogP contribution in [0.2, 0.25) is 0 Å². The zero-order valence-corrected chi connectivity index (χ0v) is 45.5. The molecule has 1 heterocycles. The number of carboxylic acid groups (broad SMARTS) is 2. The SMILES string of the molecule is C=C(CN)NCCOCCOCCOCCOCCC(=O)N[C@@H](CC(N)=O)C(=O)NC(CCN(C(=O)CO)C(c1cc(-c2cc(F)ccc2F)cn1Cc1ccccc1)C(C)(C)C)C(=O)NCCC(=O)N[C@H](CCC(=O)O)C(=O)O. The van der Waals surface area contributed by atoms with Crippen molar-refractivity contribution in [1.82, 2.24) is 36.1 Å². The molecule has 24 nitrogen and oxygen atoms in total. The number of carboxylic acids is 2. The first-order chi connectivity index (χ1) is 38.0. The Morgan fingerprint density at radius 3 is 1.93 bits per heavy atom. The second-order valence-electron chi connectivity index (χ2n) is 19.4. The number of aliphatic carboxylic acids is 2. The summed E-state index contributed by atoms with van der Waals surface area (Å²) < 4.78 is 53.6. The minimum Gasteiger partial charge on any atom is -0.481 e. The monoisotopic (exact) mass is 1130 g/mol. The second kappa shape index (κ2) is 35.3. The molecule has 26 heteroatoms. The molecule has 1 aromatic heterocycles. The molecule has 0 radical (unpaired) electrons. The van der Waals surface area contributed by atoms with E-state index in [1.54, 1.807) is 37.6 Å². The van der Waals surface area contributed by atoms with Crippen LogP contribution in [0.3, 0.4) is 0 Å². The molecule has 6 amide bonds. The van der Waals surface area contributed by atoms with Crippen LogP contribution in [-0.2, 0) is 63.8 Å². The van der Waals surface area contributed by atoms with Gasteiger partial charge in [0, 0.05) is 80.7 Å². The van der Waals surface area contributed by atoms with Gasteiger partial charge in [-0.2, -0.15) is 0 Å². The fourth-order valence-electron chi connectivity index (χ4n) is 8.10. The number of ether oxygens (including phenoxy) is 4. The molecule has 0 bridgehead atoms. The highest BCUT2D eigenvalue weighted by molar-refractivity contribution is 5.95. The van der Waals surface area contributed by atoms with E-state index in [1.807, 2.05) is 30.3 Å². The van der Waals surface area contributed by atoms with Crippen molar-refractivity contribution in [2.24, 2.45) is 16.9 Å². The van der Waals surface area contributed by atoms with Gasteiger partial charge in [0.2, 0.25) is 35.4 Å². The Balaban J connectivity index is 1.83. The molecule has 0 spiro atoms. The van der Waals surface area contributed by atoms with Crippen molar-refractivity contribution in [3.05, 3.63) is 96.0 Å². The molecule has 0 fully saturated rings. The smallest absolute Gasteiger partial charge is 0.326 e. The first-order valence-electron chi connectivity index (χ1n) is 26.0. The minimum absolute atomic E-state index is 0.0694. The molecule has 2 aromatic carbocycles. The van der Waals surface area contributed by atoms with Crippen LogP contribution < -0.4 is 38.1 Å². The van der Waals surface area contributed by atoms with Gasteiger partial charge in [-0.05, 0) is 48.1 Å². The maximum Gasteiger partial charge on any atom is 0.326 e. The first-order valence-corrected chi connectivity index (χ1v) is 26.0. The van der Waals surface area contributed by atoms with Crippen molar-refractivity contribution in [1.29, 1.82) is 0 Å². The topological polar surface area (TPSA) is 355 Å². The van der Waals surface area contributed by atoms with Crippen LogP contribution >= 0.6 is 0 Å². The molecule has 80 heavy (non-hydrogen) atoms. The molecule has 2 unspecified atom stereocenters. The number of carbonyl (C=O) groups excluding carboxylic acids is 6. The minimum atomic E-state index is -1.64. The second-order valence-corrected chi connectivity index (χ2v) is 19.4. The van der Waals surface area contributed by atoms with E-state index in [0.717, 1.165) is 23.8 Å². The van der Waals surface area contributed by atoms with Gasteiger partial charge in [-0.1, -0.05) is 57.7 Å². The van der Waals surface area contributed by atoms with E-state index in [2.05, 4.69) is 33.2 Å². The Hall–Kier alpha value is -7.36. The van der Waals surface area contributed by atoms with Gasteiger partial charge in [-0.25, -0.2) is 13.6 Å². The Labute approximate surface area is 463 Å². The molecule has 3 rings (SSSR count). The number of carbonyl (C=O) groups is 8. The van der Waals surface area contributed by atoms with Crippen molar-refractivity contribution in [2.75, 3.05) is 85.6 Å². The zero-order chi connectivity index (χ0) is 59.2. The third-order valence-corrected chi connectivity index (χ3v) is 12.0. The number of amides is 6. The summed E-state index contributed by atoms with van der Waals surface area (Å²) in [7, 11) is 0. The summed E-state index contributed by atoms with van der Waals surface area (Å²) in [4.78, 5) is 104. The third-order valence-electron chi connectivity index (χ3n) is 12.0. The highest BCUT2D eigenvalue weighted by Crippen LogP contribution is 2.41. The maximum absolute atomic E-state index is 15.4. The molecule has 0 aliphatic heterocycles. The summed E-state index contributed by atoms with van der Waals surface area (Å²) in [5.41, 5.74) is 12.2. The van der Waals surface area contributed by atoms with E-state index in [-0.39, 0.29) is 57.1 Å². The normalized spacial score (nSPS) is 12.8. The molecule has 4 atom stereocenters. The highest BCUT2D eigenvalue weighted by atomic mass is 19.1. The van der Waals surface area contributed by atoms with Gasteiger partial charge >= 0.3 is 11.9 Å². The Kier molecular flexibility index (Phi) is 29.5. The molecule has 0 aliphatic rings. The molecular weight excluding hydrogens is 1050 g/mol. The van der Waals surface area contributed by atoms with Crippen LogP contribution in [0.25, 0.3) is 11.1 Å². The molecule has 12 N–H and O–H groups in total. The number of aliphatic hydroxyl groups is 1. The summed E-state index contributed by atoms with van der Waals surface area (Å²) in [6.45, 7) is 10.3. The number of aliphatic hydroxyl groups excluding tert-OH is 1. The van der Waals surface area contributed by atoms with Gasteiger partial charge < -0.3 is 81.8 Å². The lowest BCUT2D eigenvalue weighted by Gasteiger charge is -2.41. The summed E-state index contributed by atoms with van der Waals surface area (Å²) in [6, 6.07) is 7.93. The van der Waals surface area contributed by atoms with Gasteiger partial charge in [0.1, 0.15) is 36.4 Å². The number of nitrogens with one attached hydrogen (secondary N) is 5. The van der Waals surface area contributed by atoms with Crippen molar-refractivity contribution in [3.63, 3.8) is 0 Å². The quantitative estimate of drug-likeness (QED) is 0.0356. The van der Waals surface area contributed by atoms with Crippen LogP contribution in [0.4, 0.5) is 8.78 Å². The third kappa shape index (κ3) is 24.8. The van der Waals surface area contributed by atoms with E-state index in [0.29, 0.717) is 50.9 Å². The summed E-state index contributed by atoms with van der Waals surface area (Å²) >= 11 is 0. The van der Waals surface area contributed by atoms with Crippen molar-refractivity contribution >= 4 is 47.4 Å². The van der Waals surface area contributed by atoms with Gasteiger partial charge in [0.25, 0.3) is 0 Å². The van der Waals surface area contributed by atoms with Crippen LogP contribution in [0.1, 0.15) is 76.6 Å². The van der Waals surface area contributed by atoms with Gasteiger partial charge in [0.05, 0.1) is 65.3 Å². The maximum atomic E-state index is 15.4. The highest BCUT2D eigenvalue weighted by Gasteiger charge is 2.38. The number of aromatic nitrogens is 1. The average Bonchev–Trinajstić information content (AvgIpc) is 3.80. The number of nitrogens with zero attached hydrogens (tertiary/aromatic N) is 2. The number of halogens is 2. The Morgan fingerprint density at radius 2 is 1.34 bits per heavy atom. The molecule has 3 aromatic rings. The van der Waals surface area contributed by atoms with Gasteiger partial charge in [-0.3, -0.25) is 33.6 Å². The van der Waals surface area contributed by atoms with Crippen molar-refractivity contribution < 1.29 is 81.4 Å². The van der Waals surface area contributed by atoms with Crippen LogP contribution in [0, 0.1) is 17.0 Å². The van der Waals surface area contributed by atoms with E-state index in [1.165, 1.54) is 4.90 Å². The molecule has 442 valence electrons. The fraction of sp³-hybridized carbons (Fsp3) is 0.519. The molecule has 0 aliphatic carbocycles. The number of rotatable bonds is 40. The summed E-state index contributed by atoms with van der Waals surface area (Å²) in [6.07, 6.45) is -1.31. The number of benzene rings is 2. The van der Waals surface area contributed by atoms with Gasteiger partial charge in [-0.15, -0.1) is 0 Å². The van der Waals surface area contributed by atoms with Crippen LogP contribution in [-0.4, -0.2) is 176 Å². The van der Waals surface area contributed by atoms with E-state index in [9.17, 15) is 53.0 Å². The lowest BCUT2D eigenvalue weighted by molar-refractivity contribution is -0.143. The van der Waals surface area contributed by atoms with Gasteiger partial charge in [0.15, 0.2) is 0 Å². The molecule has 0 saturated carbocycles. The lowest BCUT2D eigenvalue weighted by atomic mass is 9.82. The predicted molar refractivity (Wildman–Crippen MR) is 287 cm³/mol. The zero-order valence-electron chi connectivity index (χ0n) is 45.5. The number of hydrogen-bond donors (Lipinski definition) is 10. The van der Waals surface area contributed by atoms with Crippen molar-refractivity contribution in [3.8, 4) is 11.1 Å². The fourth-order valence-corrected chi connectivity index (χ4v) is 8.10. The number of hydrogen-bond acceptors (Lipinski definition) is 15. The number of nitrogens with two attached hydrogens (primary N) is 2. The Morgan fingerprint density at radius 1 is 0.725 bits per heavy atom. The first kappa shape index (κ1) is 66.9. The summed E-state index contributed by atoms with van der Waals surface area (Å²) in [5.74, 6) is -9.64. The van der Waals surface area contributed by atoms with E-state index >= 15 is 4.39 Å². The standard InChI is InChI=1S/C54H77F2N9O15/c1-35(31-57)59-18-21-78-23-25-80-27-26-79-24-22-77-20-16-47(69)62-43(30-45(58)67)52(74)63-41(51(73)60-17-14-46(68)61-42(53(75)76)12-13-49(71)72)15-19-65(48(70)34-66)50(54(2,3)4)44-28-37(39-29-38(55)10-11-40(39)56)33-64(44)32-36-8-6-5-7-9-36/h5-11,28-29,33,41-43,50,59,66H,1,12-27,30-32,34,57H2,2-4H3,(H2,58,67)(H,60,73)(H,61,68)(H,62,69)(H,63,74)(H,71,72)(H,75,76)/t41?,42-,43+,50?/m1/s1. The van der Waals surface area contributed by atoms with Crippen LogP contribution in [0.15, 0.2) is 73.1 Å². The molecule has 0 saturated heterocycles. The number of primary amides is 1.